The zero-order chi connectivity index (χ0) is 7.52. The molecule has 2 nitrogen and oxygen atoms in total. The molecule has 0 aromatic carbocycles. The van der Waals surface area contributed by atoms with Crippen molar-refractivity contribution in [2.75, 3.05) is 6.54 Å². The van der Waals surface area contributed by atoms with E-state index in [0.717, 1.165) is 0 Å². The van der Waals surface area contributed by atoms with E-state index in [9.17, 15) is 0 Å². The van der Waals surface area contributed by atoms with Gasteiger partial charge in [-0.2, -0.15) is 0 Å². The van der Waals surface area contributed by atoms with Crippen LogP contribution in [0.1, 0.15) is 31.0 Å². The van der Waals surface area contributed by atoms with Crippen molar-refractivity contribution in [2.45, 2.75) is 25.3 Å². The molecule has 0 saturated carbocycles. The third kappa shape index (κ3) is 2.02. The summed E-state index contributed by atoms with van der Waals surface area (Å²) in [4.78, 5) is 3.24. The smallest absolute Gasteiger partial charge is 0.0472 e. The normalized spacial score (nSPS) is 23.2. The highest BCUT2D eigenvalue weighted by molar-refractivity contribution is 5.85. The van der Waals surface area contributed by atoms with Gasteiger partial charge in [-0.25, -0.2) is 0 Å². The molecule has 1 aromatic heterocycles. The molecule has 2 heterocycles. The van der Waals surface area contributed by atoms with Crippen molar-refractivity contribution in [3.63, 3.8) is 0 Å². The molecule has 1 aliphatic heterocycles. The highest BCUT2D eigenvalue weighted by atomic mass is 35.5. The van der Waals surface area contributed by atoms with Crippen LogP contribution in [0.5, 0.6) is 0 Å². The Morgan fingerprint density at radius 1 is 1.33 bits per heavy atom. The molecule has 0 unspecified atom stereocenters. The first kappa shape index (κ1) is 9.62. The van der Waals surface area contributed by atoms with Crippen molar-refractivity contribution in [3.05, 3.63) is 24.0 Å². The Hall–Kier alpha value is -0.470. The van der Waals surface area contributed by atoms with Gasteiger partial charge in [-0.3, -0.25) is 0 Å². The van der Waals surface area contributed by atoms with Crippen molar-refractivity contribution >= 4 is 12.4 Å². The summed E-state index contributed by atoms with van der Waals surface area (Å²) in [7, 11) is 0. The Balaban J connectivity index is 0.000000720. The lowest BCUT2D eigenvalue weighted by Crippen LogP contribution is -2.26. The number of H-pyrrole nitrogens is 1. The van der Waals surface area contributed by atoms with Gasteiger partial charge >= 0.3 is 0 Å². The van der Waals surface area contributed by atoms with Gasteiger partial charge in [0.25, 0.3) is 0 Å². The minimum atomic E-state index is 0. The predicted molar refractivity (Wildman–Crippen MR) is 52.6 cm³/mol. The maximum Gasteiger partial charge on any atom is 0.0472 e. The van der Waals surface area contributed by atoms with E-state index in [2.05, 4.69) is 22.4 Å². The molecule has 2 rings (SSSR count). The lowest BCUT2D eigenvalue weighted by molar-refractivity contribution is 0.406. The number of hydrogen-bond donors (Lipinski definition) is 2. The van der Waals surface area contributed by atoms with Crippen LogP contribution in [0, 0.1) is 0 Å². The number of halogens is 1. The summed E-state index contributed by atoms with van der Waals surface area (Å²) >= 11 is 0. The van der Waals surface area contributed by atoms with Crippen LogP contribution in [-0.4, -0.2) is 11.5 Å². The van der Waals surface area contributed by atoms with E-state index in [1.807, 2.05) is 6.20 Å². The number of nitrogens with one attached hydrogen (secondary N) is 2. The number of hydrogen-bond acceptors (Lipinski definition) is 1. The standard InChI is InChI=1S/C9H14N2.ClH/c1-2-6-10-8(4-1)9-5-3-7-11-9;/h3,5,7-8,10-11H,1-2,4,6H2;1H/t8-;/m1./s1. The van der Waals surface area contributed by atoms with Crippen molar-refractivity contribution < 1.29 is 0 Å². The lowest BCUT2D eigenvalue weighted by Gasteiger charge is -2.22. The molecule has 1 atom stereocenters. The maximum absolute atomic E-state index is 3.49. The second-order valence-corrected chi connectivity index (χ2v) is 3.13. The van der Waals surface area contributed by atoms with Crippen LogP contribution in [0.4, 0.5) is 0 Å². The quantitative estimate of drug-likeness (QED) is 0.692. The van der Waals surface area contributed by atoms with E-state index in [4.69, 9.17) is 0 Å². The molecule has 1 aliphatic rings. The number of aromatic nitrogens is 1. The Morgan fingerprint density at radius 3 is 2.83 bits per heavy atom. The van der Waals surface area contributed by atoms with Gasteiger partial charge in [-0.15, -0.1) is 12.4 Å². The lowest BCUT2D eigenvalue weighted by atomic mass is 10.0. The zero-order valence-electron chi connectivity index (χ0n) is 7.05. The van der Waals surface area contributed by atoms with Crippen molar-refractivity contribution in [1.29, 1.82) is 0 Å². The molecule has 0 radical (unpaired) electrons. The second-order valence-electron chi connectivity index (χ2n) is 3.13. The van der Waals surface area contributed by atoms with E-state index >= 15 is 0 Å². The average molecular weight is 187 g/mol. The summed E-state index contributed by atoms with van der Waals surface area (Å²) in [6.45, 7) is 1.17. The van der Waals surface area contributed by atoms with Crippen LogP contribution in [-0.2, 0) is 0 Å². The van der Waals surface area contributed by atoms with Crippen LogP contribution in [0.15, 0.2) is 18.3 Å². The summed E-state index contributed by atoms with van der Waals surface area (Å²) in [5, 5.41) is 3.49. The average Bonchev–Trinajstić information content (AvgIpc) is 2.58. The van der Waals surface area contributed by atoms with Crippen LogP contribution >= 0.6 is 12.4 Å². The van der Waals surface area contributed by atoms with Gasteiger partial charge in [-0.05, 0) is 31.5 Å². The first-order valence-electron chi connectivity index (χ1n) is 4.33. The van der Waals surface area contributed by atoms with Gasteiger partial charge in [0.15, 0.2) is 0 Å². The summed E-state index contributed by atoms with van der Waals surface area (Å²) in [6, 6.07) is 4.80. The van der Waals surface area contributed by atoms with Crippen molar-refractivity contribution in [2.24, 2.45) is 0 Å². The van der Waals surface area contributed by atoms with Crippen LogP contribution in [0.2, 0.25) is 0 Å². The third-order valence-electron chi connectivity index (χ3n) is 2.31. The minimum absolute atomic E-state index is 0. The van der Waals surface area contributed by atoms with Crippen LogP contribution < -0.4 is 5.32 Å². The van der Waals surface area contributed by atoms with Gasteiger partial charge in [-0.1, -0.05) is 6.42 Å². The van der Waals surface area contributed by atoms with Crippen LogP contribution in [0.25, 0.3) is 0 Å². The molecule has 0 spiro atoms. The van der Waals surface area contributed by atoms with Gasteiger partial charge in [0, 0.05) is 17.9 Å². The molecule has 12 heavy (non-hydrogen) atoms. The fourth-order valence-corrected chi connectivity index (χ4v) is 1.68. The van der Waals surface area contributed by atoms with E-state index in [1.165, 1.54) is 31.5 Å². The van der Waals surface area contributed by atoms with Gasteiger partial charge < -0.3 is 10.3 Å². The largest absolute Gasteiger partial charge is 0.364 e. The third-order valence-corrected chi connectivity index (χ3v) is 2.31. The Labute approximate surface area is 79.2 Å². The molecule has 68 valence electrons. The highest BCUT2D eigenvalue weighted by Gasteiger charge is 2.14. The SMILES string of the molecule is Cl.c1c[nH]c([C@H]2CCCCN2)c1. The van der Waals surface area contributed by atoms with E-state index in [0.29, 0.717) is 6.04 Å². The number of rotatable bonds is 1. The maximum atomic E-state index is 3.49. The van der Waals surface area contributed by atoms with Gasteiger partial charge in [0.2, 0.25) is 0 Å². The fraction of sp³-hybridized carbons (Fsp3) is 0.556. The molecule has 1 fully saturated rings. The number of piperidine rings is 1. The molecular formula is C9H15ClN2. The van der Waals surface area contributed by atoms with Crippen molar-refractivity contribution in [1.82, 2.24) is 10.3 Å². The molecule has 0 amide bonds. The predicted octanol–water partition coefficient (Wildman–Crippen LogP) is 2.25. The first-order chi connectivity index (χ1) is 5.47. The van der Waals surface area contributed by atoms with E-state index < -0.39 is 0 Å². The van der Waals surface area contributed by atoms with Crippen molar-refractivity contribution in [3.8, 4) is 0 Å². The minimum Gasteiger partial charge on any atom is -0.364 e. The summed E-state index contributed by atoms with van der Waals surface area (Å²) in [5.74, 6) is 0. The van der Waals surface area contributed by atoms with Crippen LogP contribution in [0.3, 0.4) is 0 Å². The van der Waals surface area contributed by atoms with Gasteiger partial charge in [0.1, 0.15) is 0 Å². The first-order valence-corrected chi connectivity index (χ1v) is 4.33. The monoisotopic (exact) mass is 186 g/mol. The van der Waals surface area contributed by atoms with E-state index in [-0.39, 0.29) is 12.4 Å². The fourth-order valence-electron chi connectivity index (χ4n) is 1.68. The molecule has 3 heteroatoms. The Morgan fingerprint density at radius 2 is 2.25 bits per heavy atom. The summed E-state index contributed by atoms with van der Waals surface area (Å²) in [6.07, 6.45) is 5.96. The topological polar surface area (TPSA) is 27.8 Å². The number of aromatic amines is 1. The summed E-state index contributed by atoms with van der Waals surface area (Å²) < 4.78 is 0. The molecule has 1 saturated heterocycles. The highest BCUT2D eigenvalue weighted by Crippen LogP contribution is 2.20. The Bertz CT molecular complexity index is 202. The van der Waals surface area contributed by atoms with E-state index in [1.54, 1.807) is 0 Å². The zero-order valence-corrected chi connectivity index (χ0v) is 7.86. The molecule has 0 bridgehead atoms. The van der Waals surface area contributed by atoms with Gasteiger partial charge in [0.05, 0.1) is 0 Å². The second kappa shape index (κ2) is 4.53. The molecular weight excluding hydrogens is 172 g/mol. The summed E-state index contributed by atoms with van der Waals surface area (Å²) in [5.41, 5.74) is 1.34. The molecule has 0 aliphatic carbocycles. The molecule has 2 N–H and O–H groups in total. The molecule has 1 aromatic rings. The Kier molecular flexibility index (Phi) is 3.63.